The largest absolute Gasteiger partial charge is 0.493 e. The second kappa shape index (κ2) is 10.9. The van der Waals surface area contributed by atoms with Crippen LogP contribution in [0.15, 0.2) is 42.5 Å². The fraction of sp³-hybridized carbons (Fsp3) is 0.367. The summed E-state index contributed by atoms with van der Waals surface area (Å²) in [5.74, 6) is 0.821. The number of ether oxygens (including phenoxy) is 7. The Hall–Kier alpha value is -4.35. The molecule has 3 aromatic rings. The van der Waals surface area contributed by atoms with Crippen LogP contribution in [0.25, 0.3) is 0 Å². The predicted octanol–water partition coefficient (Wildman–Crippen LogP) is 2.89. The highest BCUT2D eigenvalue weighted by Gasteiger charge is 2.47. The highest BCUT2D eigenvalue weighted by molar-refractivity contribution is 5.82. The molecule has 0 spiro atoms. The van der Waals surface area contributed by atoms with E-state index in [0.717, 1.165) is 5.56 Å². The highest BCUT2D eigenvalue weighted by Crippen LogP contribution is 2.53. The molecule has 11 nitrogen and oxygen atoms in total. The van der Waals surface area contributed by atoms with Crippen LogP contribution in [0.5, 0.6) is 40.2 Å². The Morgan fingerprint density at radius 2 is 1.46 bits per heavy atom. The van der Waals surface area contributed by atoms with E-state index in [1.807, 2.05) is 12.1 Å². The molecule has 6 rings (SSSR count). The van der Waals surface area contributed by atoms with Crippen molar-refractivity contribution in [2.45, 2.75) is 18.6 Å². The number of methoxy groups -OCH3 is 3. The van der Waals surface area contributed by atoms with Crippen LogP contribution in [-0.2, 0) is 11.3 Å². The van der Waals surface area contributed by atoms with Gasteiger partial charge in [0.25, 0.3) is 0 Å². The second-order valence-electron chi connectivity index (χ2n) is 9.99. The Balaban J connectivity index is 1.44. The molecule has 1 aliphatic carbocycles. The number of benzene rings is 3. The number of amides is 1. The minimum absolute atomic E-state index is 0.0477. The minimum Gasteiger partial charge on any atom is -0.493 e. The van der Waals surface area contributed by atoms with Gasteiger partial charge in [0, 0.05) is 25.0 Å². The number of nitrogens with one attached hydrogen (secondary N) is 1. The number of carbonyl (C=O) groups is 1. The number of hydrogen-bond acceptors (Lipinski definition) is 10. The highest BCUT2D eigenvalue weighted by atomic mass is 16.7. The van der Waals surface area contributed by atoms with Crippen LogP contribution in [-0.4, -0.2) is 57.6 Å². The number of aliphatic hydroxyl groups is 2. The van der Waals surface area contributed by atoms with E-state index in [-0.39, 0.29) is 26.0 Å². The van der Waals surface area contributed by atoms with E-state index >= 15 is 0 Å². The van der Waals surface area contributed by atoms with Crippen LogP contribution in [0.2, 0.25) is 0 Å². The molecule has 1 amide bonds. The zero-order valence-electron chi connectivity index (χ0n) is 22.8. The van der Waals surface area contributed by atoms with Gasteiger partial charge in [-0.05, 0) is 58.7 Å². The van der Waals surface area contributed by atoms with E-state index in [1.165, 1.54) is 21.3 Å². The SMILES string of the molecule is COc1cc([C@@H]2c3cc4c(cc3[C@H](O)[C@@H](CO)[C@@H]2C(=O)NCc2ccc3c(c2)OCO3)OCO4)cc(OC)c1OC. The Labute approximate surface area is 236 Å². The van der Waals surface area contributed by atoms with Crippen LogP contribution in [0.3, 0.4) is 0 Å². The fourth-order valence-electron chi connectivity index (χ4n) is 5.95. The van der Waals surface area contributed by atoms with Crippen molar-refractivity contribution in [3.63, 3.8) is 0 Å². The average molecular weight is 566 g/mol. The summed E-state index contributed by atoms with van der Waals surface area (Å²) >= 11 is 0. The topological polar surface area (TPSA) is 134 Å². The summed E-state index contributed by atoms with van der Waals surface area (Å²) in [4.78, 5) is 14.0. The zero-order valence-corrected chi connectivity index (χ0v) is 22.8. The molecule has 3 aliphatic rings. The molecule has 2 aliphatic heterocycles. The maximum absolute atomic E-state index is 14.0. The van der Waals surface area contributed by atoms with Crippen molar-refractivity contribution in [1.82, 2.24) is 5.32 Å². The Morgan fingerprint density at radius 3 is 2.07 bits per heavy atom. The molecule has 0 saturated carbocycles. The smallest absolute Gasteiger partial charge is 0.231 e. The summed E-state index contributed by atoms with van der Waals surface area (Å²) in [5, 5.41) is 25.0. The van der Waals surface area contributed by atoms with Crippen LogP contribution < -0.4 is 38.5 Å². The molecule has 0 aromatic heterocycles. The van der Waals surface area contributed by atoms with Gasteiger partial charge in [0.1, 0.15) is 0 Å². The fourth-order valence-corrected chi connectivity index (χ4v) is 5.95. The first-order valence-corrected chi connectivity index (χ1v) is 13.2. The third kappa shape index (κ3) is 4.60. The molecule has 0 radical (unpaired) electrons. The van der Waals surface area contributed by atoms with Crippen molar-refractivity contribution >= 4 is 5.91 Å². The van der Waals surface area contributed by atoms with E-state index in [0.29, 0.717) is 56.9 Å². The van der Waals surface area contributed by atoms with Gasteiger partial charge in [0.05, 0.1) is 33.4 Å². The molecule has 3 N–H and O–H groups in total. The van der Waals surface area contributed by atoms with Crippen molar-refractivity contribution in [1.29, 1.82) is 0 Å². The van der Waals surface area contributed by atoms with Crippen molar-refractivity contribution in [2.75, 3.05) is 41.5 Å². The van der Waals surface area contributed by atoms with Crippen LogP contribution in [0, 0.1) is 11.8 Å². The van der Waals surface area contributed by atoms with Gasteiger partial charge >= 0.3 is 0 Å². The lowest BCUT2D eigenvalue weighted by Gasteiger charge is -2.41. The van der Waals surface area contributed by atoms with Gasteiger partial charge in [-0.1, -0.05) is 6.07 Å². The molecule has 0 saturated heterocycles. The lowest BCUT2D eigenvalue weighted by atomic mass is 9.64. The monoisotopic (exact) mass is 565 g/mol. The van der Waals surface area contributed by atoms with Gasteiger partial charge in [-0.25, -0.2) is 0 Å². The van der Waals surface area contributed by atoms with Gasteiger partial charge < -0.3 is 48.7 Å². The van der Waals surface area contributed by atoms with Gasteiger partial charge in [0.2, 0.25) is 25.2 Å². The summed E-state index contributed by atoms with van der Waals surface area (Å²) in [6.07, 6.45) is -1.14. The molecule has 11 heteroatoms. The maximum Gasteiger partial charge on any atom is 0.231 e. The van der Waals surface area contributed by atoms with Crippen molar-refractivity contribution in [2.24, 2.45) is 11.8 Å². The first-order chi connectivity index (χ1) is 20.0. The number of hydrogen-bond donors (Lipinski definition) is 3. The standard InChI is InChI=1S/C30H31NO10/c1-35-24-7-16(8-25(36-2)29(24)37-3)26-17-9-22-23(41-14-40-22)10-18(17)28(33)19(12-32)27(26)30(34)31-11-15-4-5-20-21(6-15)39-13-38-20/h4-10,19,26-28,32-33H,11-14H2,1-3H3,(H,31,34)/t19-,26+,27-,28-/m0/s1. The molecule has 0 bridgehead atoms. The summed E-state index contributed by atoms with van der Waals surface area (Å²) in [5.41, 5.74) is 2.71. The van der Waals surface area contributed by atoms with Gasteiger partial charge in [-0.2, -0.15) is 0 Å². The third-order valence-corrected chi connectivity index (χ3v) is 7.92. The second-order valence-corrected chi connectivity index (χ2v) is 9.99. The van der Waals surface area contributed by atoms with Crippen molar-refractivity contribution < 1.29 is 48.2 Å². The van der Waals surface area contributed by atoms with Crippen LogP contribution in [0.4, 0.5) is 0 Å². The summed E-state index contributed by atoms with van der Waals surface area (Å²) in [7, 11) is 4.55. The minimum atomic E-state index is -1.14. The zero-order chi connectivity index (χ0) is 28.7. The first kappa shape index (κ1) is 26.9. The molecule has 41 heavy (non-hydrogen) atoms. The number of carbonyl (C=O) groups excluding carboxylic acids is 1. The Morgan fingerprint density at radius 1 is 0.854 bits per heavy atom. The van der Waals surface area contributed by atoms with E-state index in [4.69, 9.17) is 33.2 Å². The number of rotatable bonds is 8. The lowest BCUT2D eigenvalue weighted by molar-refractivity contribution is -0.131. The van der Waals surface area contributed by atoms with E-state index in [2.05, 4.69) is 5.32 Å². The Kier molecular flexibility index (Phi) is 7.14. The summed E-state index contributed by atoms with van der Waals surface area (Å²) in [6.45, 7) is -0.0298. The maximum atomic E-state index is 14.0. The van der Waals surface area contributed by atoms with Gasteiger partial charge in [-0.15, -0.1) is 0 Å². The summed E-state index contributed by atoms with van der Waals surface area (Å²) < 4.78 is 38.8. The van der Waals surface area contributed by atoms with Crippen molar-refractivity contribution in [3.05, 3.63) is 64.7 Å². The molecular weight excluding hydrogens is 534 g/mol. The molecular formula is C30H31NO10. The van der Waals surface area contributed by atoms with Crippen LogP contribution >= 0.6 is 0 Å². The lowest BCUT2D eigenvalue weighted by Crippen LogP contribution is -2.45. The molecule has 3 aromatic carbocycles. The number of aliphatic hydroxyl groups excluding tert-OH is 2. The summed E-state index contributed by atoms with van der Waals surface area (Å²) in [6, 6.07) is 12.5. The Bertz CT molecular complexity index is 1450. The molecule has 4 atom stereocenters. The molecule has 0 unspecified atom stereocenters. The van der Waals surface area contributed by atoms with Crippen LogP contribution in [0.1, 0.15) is 34.3 Å². The molecule has 216 valence electrons. The van der Waals surface area contributed by atoms with E-state index in [1.54, 1.807) is 30.3 Å². The van der Waals surface area contributed by atoms with Gasteiger partial charge in [-0.3, -0.25) is 4.79 Å². The third-order valence-electron chi connectivity index (χ3n) is 7.92. The van der Waals surface area contributed by atoms with Gasteiger partial charge in [0.15, 0.2) is 34.5 Å². The number of fused-ring (bicyclic) bond motifs is 3. The van der Waals surface area contributed by atoms with E-state index in [9.17, 15) is 15.0 Å². The van der Waals surface area contributed by atoms with E-state index < -0.39 is 30.5 Å². The average Bonchev–Trinajstić information content (AvgIpc) is 3.67. The first-order valence-electron chi connectivity index (χ1n) is 13.2. The predicted molar refractivity (Wildman–Crippen MR) is 144 cm³/mol. The van der Waals surface area contributed by atoms with Crippen molar-refractivity contribution in [3.8, 4) is 40.2 Å². The molecule has 0 fully saturated rings. The quantitative estimate of drug-likeness (QED) is 0.374. The molecule has 2 heterocycles. The normalized spacial score (nSPS) is 21.7.